The molecule has 0 saturated carbocycles. The van der Waals surface area contributed by atoms with Crippen LogP contribution in [-0.2, 0) is 6.42 Å². The van der Waals surface area contributed by atoms with Gasteiger partial charge in [0, 0.05) is 35.8 Å². The third kappa shape index (κ3) is 1.95. The minimum Gasteiger partial charge on any atom is -0.349 e. The number of nitrogens with one attached hydrogen (secondary N) is 1. The molecule has 21 heavy (non-hydrogen) atoms. The largest absolute Gasteiger partial charge is 0.349 e. The Bertz CT molecular complexity index is 742. The first-order chi connectivity index (χ1) is 10.2. The minimum absolute atomic E-state index is 0.500. The predicted molar refractivity (Wildman–Crippen MR) is 87.2 cm³/mol. The summed E-state index contributed by atoms with van der Waals surface area (Å²) in [5.74, 6) is 1.06. The van der Waals surface area contributed by atoms with Gasteiger partial charge in [-0.05, 0) is 58.9 Å². The molecule has 108 valence electrons. The Morgan fingerprint density at radius 2 is 2.33 bits per heavy atom. The maximum absolute atomic E-state index is 9.03. The lowest BCUT2D eigenvalue weighted by atomic mass is 9.72. The van der Waals surface area contributed by atoms with Gasteiger partial charge in [-0.15, -0.1) is 0 Å². The summed E-state index contributed by atoms with van der Waals surface area (Å²) >= 11 is 3.69. The van der Waals surface area contributed by atoms with E-state index in [0.29, 0.717) is 24.3 Å². The lowest BCUT2D eigenvalue weighted by Crippen LogP contribution is -2.47. The van der Waals surface area contributed by atoms with Crippen LogP contribution in [0.1, 0.15) is 29.9 Å². The van der Waals surface area contributed by atoms with Crippen molar-refractivity contribution < 1.29 is 0 Å². The van der Waals surface area contributed by atoms with Crippen molar-refractivity contribution in [2.75, 3.05) is 13.6 Å². The van der Waals surface area contributed by atoms with Gasteiger partial charge >= 0.3 is 0 Å². The van der Waals surface area contributed by atoms with Crippen molar-refractivity contribution in [2.24, 2.45) is 5.92 Å². The molecule has 1 aromatic carbocycles. The molecule has 1 saturated heterocycles. The van der Waals surface area contributed by atoms with Crippen molar-refractivity contribution in [3.63, 3.8) is 0 Å². The van der Waals surface area contributed by atoms with Gasteiger partial charge in [-0.3, -0.25) is 0 Å². The molecule has 3 nitrogen and oxygen atoms in total. The zero-order chi connectivity index (χ0) is 14.6. The maximum atomic E-state index is 9.03. The number of fused-ring (bicyclic) bond motifs is 2. The Morgan fingerprint density at radius 3 is 3.14 bits per heavy atom. The standard InChI is InChI=1S/C17H18BrN3/c1-21-9-10(5-6-19)7-12-11-3-2-4-14-16(11)13(8-15(12)21)17(18)20-14/h2-4,10,12,15,20H,5,7-9H2,1H3/t10?,12-,15-/m0/s1. The van der Waals surface area contributed by atoms with Crippen LogP contribution in [0.5, 0.6) is 0 Å². The molecule has 1 fully saturated rings. The number of benzene rings is 1. The van der Waals surface area contributed by atoms with Gasteiger partial charge < -0.3 is 9.88 Å². The quantitative estimate of drug-likeness (QED) is 0.855. The Balaban J connectivity index is 1.84. The molecule has 4 rings (SSSR count). The van der Waals surface area contributed by atoms with Crippen LogP contribution in [0.3, 0.4) is 0 Å². The Kier molecular flexibility index (Phi) is 3.09. The smallest absolute Gasteiger partial charge is 0.0864 e. The summed E-state index contributed by atoms with van der Waals surface area (Å²) in [7, 11) is 2.22. The number of aromatic nitrogens is 1. The molecule has 1 N–H and O–H groups in total. The van der Waals surface area contributed by atoms with Gasteiger partial charge in [0.15, 0.2) is 0 Å². The number of aromatic amines is 1. The molecule has 1 aromatic heterocycles. The lowest BCUT2D eigenvalue weighted by molar-refractivity contribution is 0.113. The minimum atomic E-state index is 0.500. The normalized spacial score (nSPS) is 28.3. The van der Waals surface area contributed by atoms with Gasteiger partial charge in [0.1, 0.15) is 0 Å². The number of hydrogen-bond acceptors (Lipinski definition) is 2. The highest BCUT2D eigenvalue weighted by atomic mass is 79.9. The number of rotatable bonds is 1. The summed E-state index contributed by atoms with van der Waals surface area (Å²) in [5.41, 5.74) is 4.13. The van der Waals surface area contributed by atoms with Crippen LogP contribution in [0.2, 0.25) is 0 Å². The van der Waals surface area contributed by atoms with E-state index in [1.165, 1.54) is 22.0 Å². The average Bonchev–Trinajstić information content (AvgIpc) is 2.78. The van der Waals surface area contributed by atoms with Gasteiger partial charge in [0.05, 0.1) is 10.7 Å². The first kappa shape index (κ1) is 13.4. The van der Waals surface area contributed by atoms with E-state index in [2.05, 4.69) is 57.1 Å². The van der Waals surface area contributed by atoms with Crippen molar-refractivity contribution in [3.05, 3.63) is 33.9 Å². The highest BCUT2D eigenvalue weighted by molar-refractivity contribution is 9.10. The van der Waals surface area contributed by atoms with Crippen LogP contribution in [0.15, 0.2) is 22.8 Å². The van der Waals surface area contributed by atoms with E-state index in [0.717, 1.165) is 24.0 Å². The average molecular weight is 344 g/mol. The van der Waals surface area contributed by atoms with E-state index in [4.69, 9.17) is 5.26 Å². The van der Waals surface area contributed by atoms with Crippen molar-refractivity contribution in [2.45, 2.75) is 31.2 Å². The molecule has 1 unspecified atom stereocenters. The van der Waals surface area contributed by atoms with Crippen molar-refractivity contribution in [1.82, 2.24) is 9.88 Å². The monoisotopic (exact) mass is 343 g/mol. The summed E-state index contributed by atoms with van der Waals surface area (Å²) < 4.78 is 1.14. The van der Waals surface area contributed by atoms with Crippen LogP contribution in [0, 0.1) is 17.2 Å². The number of H-pyrrole nitrogens is 1. The fraction of sp³-hybridized carbons (Fsp3) is 0.471. The molecule has 0 amide bonds. The number of nitrogens with zero attached hydrogens (tertiary/aromatic N) is 2. The number of piperidine rings is 1. The summed E-state index contributed by atoms with van der Waals surface area (Å²) in [6.07, 6.45) is 2.91. The summed E-state index contributed by atoms with van der Waals surface area (Å²) in [6, 6.07) is 9.52. The van der Waals surface area contributed by atoms with E-state index in [1.807, 2.05) is 0 Å². The van der Waals surface area contributed by atoms with E-state index in [-0.39, 0.29) is 0 Å². The van der Waals surface area contributed by atoms with Gasteiger partial charge in [-0.2, -0.15) is 5.26 Å². The third-order valence-electron chi connectivity index (χ3n) is 5.26. The molecule has 1 aliphatic carbocycles. The Hall–Kier alpha value is -1.31. The van der Waals surface area contributed by atoms with E-state index < -0.39 is 0 Å². The number of halogens is 1. The molecule has 1 aliphatic heterocycles. The molecular formula is C17H18BrN3. The molecule has 0 spiro atoms. The van der Waals surface area contributed by atoms with Crippen LogP contribution in [-0.4, -0.2) is 29.5 Å². The van der Waals surface area contributed by atoms with Gasteiger partial charge in [0.25, 0.3) is 0 Å². The van der Waals surface area contributed by atoms with Gasteiger partial charge in [-0.25, -0.2) is 0 Å². The van der Waals surface area contributed by atoms with E-state index >= 15 is 0 Å². The lowest BCUT2D eigenvalue weighted by Gasteiger charge is -2.45. The van der Waals surface area contributed by atoms with Crippen molar-refractivity contribution in [3.8, 4) is 6.07 Å². The van der Waals surface area contributed by atoms with E-state index in [9.17, 15) is 0 Å². The molecule has 2 aromatic rings. The highest BCUT2D eigenvalue weighted by Gasteiger charge is 2.39. The second-order valence-corrected chi connectivity index (χ2v) is 7.26. The number of hydrogen-bond donors (Lipinski definition) is 1. The molecule has 2 aliphatic rings. The first-order valence-corrected chi connectivity index (χ1v) is 8.34. The molecule has 2 heterocycles. The van der Waals surface area contributed by atoms with Crippen LogP contribution < -0.4 is 0 Å². The van der Waals surface area contributed by atoms with E-state index in [1.54, 1.807) is 0 Å². The topological polar surface area (TPSA) is 42.8 Å². The molecule has 4 heteroatoms. The van der Waals surface area contributed by atoms with Crippen molar-refractivity contribution in [1.29, 1.82) is 5.26 Å². The third-order valence-corrected chi connectivity index (χ3v) is 5.94. The predicted octanol–water partition coefficient (Wildman–Crippen LogP) is 3.80. The zero-order valence-electron chi connectivity index (χ0n) is 12.1. The molecule has 0 radical (unpaired) electrons. The molecule has 0 bridgehead atoms. The number of nitriles is 1. The Morgan fingerprint density at radius 1 is 1.48 bits per heavy atom. The SMILES string of the molecule is CN1CC(CC#N)C[C@H]2c3cccc4[nH]c(Br)c(c34)C[C@@H]21. The highest BCUT2D eigenvalue weighted by Crippen LogP contribution is 2.46. The van der Waals surface area contributed by atoms with Crippen LogP contribution in [0.25, 0.3) is 10.9 Å². The second-order valence-electron chi connectivity index (χ2n) is 6.47. The van der Waals surface area contributed by atoms with Gasteiger partial charge in [0.2, 0.25) is 0 Å². The number of likely N-dealkylation sites (tertiary alicyclic amines) is 1. The molecular weight excluding hydrogens is 326 g/mol. The van der Waals surface area contributed by atoms with Crippen LogP contribution in [0.4, 0.5) is 0 Å². The second kappa shape index (κ2) is 4.86. The maximum Gasteiger partial charge on any atom is 0.0864 e. The van der Waals surface area contributed by atoms with Gasteiger partial charge in [-0.1, -0.05) is 12.1 Å². The van der Waals surface area contributed by atoms with Crippen molar-refractivity contribution >= 4 is 26.8 Å². The summed E-state index contributed by atoms with van der Waals surface area (Å²) in [6.45, 7) is 1.04. The zero-order valence-corrected chi connectivity index (χ0v) is 13.7. The fourth-order valence-corrected chi connectivity index (χ4v) is 4.95. The summed E-state index contributed by atoms with van der Waals surface area (Å²) in [5, 5.41) is 10.4. The number of likely N-dealkylation sites (N-methyl/N-ethyl adjacent to an activating group) is 1. The molecule has 3 atom stereocenters. The Labute approximate surface area is 133 Å². The summed E-state index contributed by atoms with van der Waals surface area (Å²) in [4.78, 5) is 5.94. The first-order valence-electron chi connectivity index (χ1n) is 7.55. The van der Waals surface area contributed by atoms with Crippen LogP contribution >= 0.6 is 15.9 Å². The fourth-order valence-electron chi connectivity index (χ4n) is 4.37.